The lowest BCUT2D eigenvalue weighted by Gasteiger charge is -2.20. The Morgan fingerprint density at radius 3 is 1.82 bits per heavy atom. The summed E-state index contributed by atoms with van der Waals surface area (Å²) in [6, 6.07) is 4.07. The average molecular weight is 230 g/mol. The van der Waals surface area contributed by atoms with Gasteiger partial charge in [-0.05, 0) is 31.9 Å². The van der Waals surface area contributed by atoms with E-state index in [4.69, 9.17) is 9.47 Å². The third-order valence-electron chi connectivity index (χ3n) is 4.23. The summed E-state index contributed by atoms with van der Waals surface area (Å²) in [5.74, 6) is 3.16. The van der Waals surface area contributed by atoms with Gasteiger partial charge in [0.2, 0.25) is 0 Å². The number of ether oxygens (including phenoxy) is 2. The molecule has 0 aromatic heterocycles. The van der Waals surface area contributed by atoms with E-state index in [1.54, 1.807) is 19.8 Å². The molecule has 2 heteroatoms. The smallest absolute Gasteiger partial charge is 0.123 e. The van der Waals surface area contributed by atoms with Crippen LogP contribution in [0.25, 0.3) is 0 Å². The molecule has 2 aliphatic carbocycles. The second-order valence-electron chi connectivity index (χ2n) is 4.77. The molecule has 0 radical (unpaired) electrons. The van der Waals surface area contributed by atoms with E-state index in [1.807, 2.05) is 12.1 Å². The third kappa shape index (κ3) is 1.27. The Bertz CT molecular complexity index is 447. The zero-order valence-electron chi connectivity index (χ0n) is 10.6. The van der Waals surface area contributed by atoms with Crippen molar-refractivity contribution in [2.24, 2.45) is 0 Å². The molecular formula is C15H18O2. The molecule has 1 aromatic carbocycles. The van der Waals surface area contributed by atoms with Crippen LogP contribution in [0.2, 0.25) is 0 Å². The summed E-state index contributed by atoms with van der Waals surface area (Å²) in [7, 11) is 3.51. The van der Waals surface area contributed by atoms with E-state index in [0.717, 1.165) is 11.5 Å². The van der Waals surface area contributed by atoms with E-state index in [9.17, 15) is 0 Å². The van der Waals surface area contributed by atoms with Crippen molar-refractivity contribution in [2.75, 3.05) is 14.2 Å². The van der Waals surface area contributed by atoms with Crippen LogP contribution in [0.4, 0.5) is 0 Å². The number of hydrogen-bond donors (Lipinski definition) is 0. The molecule has 1 saturated carbocycles. The molecule has 17 heavy (non-hydrogen) atoms. The molecule has 0 heterocycles. The van der Waals surface area contributed by atoms with Gasteiger partial charge in [-0.1, -0.05) is 11.6 Å². The number of fused-ring (bicyclic) bond motifs is 5. The maximum absolute atomic E-state index is 5.52. The summed E-state index contributed by atoms with van der Waals surface area (Å²) in [5, 5.41) is 0. The van der Waals surface area contributed by atoms with Crippen LogP contribution in [0, 0.1) is 0 Å². The fourth-order valence-corrected chi connectivity index (χ4v) is 3.61. The van der Waals surface area contributed by atoms with Crippen LogP contribution in [0.3, 0.4) is 0 Å². The van der Waals surface area contributed by atoms with Crippen molar-refractivity contribution in [3.8, 4) is 11.5 Å². The summed E-state index contributed by atoms with van der Waals surface area (Å²) in [4.78, 5) is 0. The average Bonchev–Trinajstić information content (AvgIpc) is 2.93. The monoisotopic (exact) mass is 230 g/mol. The minimum absolute atomic E-state index is 0.560. The molecular weight excluding hydrogens is 212 g/mol. The van der Waals surface area contributed by atoms with E-state index >= 15 is 0 Å². The highest BCUT2D eigenvalue weighted by molar-refractivity contribution is 5.63. The first-order valence-electron chi connectivity index (χ1n) is 6.22. The highest BCUT2D eigenvalue weighted by Gasteiger charge is 2.44. The van der Waals surface area contributed by atoms with E-state index < -0.39 is 0 Å². The minimum Gasteiger partial charge on any atom is -0.496 e. The highest BCUT2D eigenvalue weighted by atomic mass is 16.5. The van der Waals surface area contributed by atoms with Crippen LogP contribution >= 0.6 is 0 Å². The maximum atomic E-state index is 5.52. The Labute approximate surface area is 102 Å². The van der Waals surface area contributed by atoms with Gasteiger partial charge >= 0.3 is 0 Å². The van der Waals surface area contributed by atoms with Crippen LogP contribution in [0.1, 0.15) is 42.7 Å². The number of hydrogen-bond acceptors (Lipinski definition) is 2. The molecule has 0 saturated heterocycles. The standard InChI is InChI=1S/C15H18O2/c1-4-9-10-5-6-11(9)15-13(17-3)8-7-12(16-2)14(10)15/h4,7-8,10-11H,5-6H2,1-3H3/t10-,11-/m0/s1. The van der Waals surface area contributed by atoms with Crippen molar-refractivity contribution in [1.82, 2.24) is 0 Å². The Morgan fingerprint density at radius 1 is 1.00 bits per heavy atom. The van der Waals surface area contributed by atoms with E-state index in [0.29, 0.717) is 11.8 Å². The van der Waals surface area contributed by atoms with Crippen LogP contribution in [0.15, 0.2) is 23.8 Å². The lowest BCUT2D eigenvalue weighted by molar-refractivity contribution is 0.391. The predicted octanol–water partition coefficient (Wildman–Crippen LogP) is 3.62. The van der Waals surface area contributed by atoms with Gasteiger partial charge in [0.25, 0.3) is 0 Å². The summed E-state index contributed by atoms with van der Waals surface area (Å²) < 4.78 is 11.0. The van der Waals surface area contributed by atoms with Crippen LogP contribution in [-0.4, -0.2) is 14.2 Å². The molecule has 0 aliphatic heterocycles. The van der Waals surface area contributed by atoms with Crippen molar-refractivity contribution in [3.05, 3.63) is 34.9 Å². The molecule has 90 valence electrons. The first kappa shape index (κ1) is 10.7. The fraction of sp³-hybridized carbons (Fsp3) is 0.467. The Balaban J connectivity index is 2.25. The zero-order chi connectivity index (χ0) is 12.0. The topological polar surface area (TPSA) is 18.5 Å². The van der Waals surface area contributed by atoms with Crippen molar-refractivity contribution >= 4 is 0 Å². The molecule has 0 N–H and O–H groups in total. The zero-order valence-corrected chi connectivity index (χ0v) is 10.6. The fourth-order valence-electron chi connectivity index (χ4n) is 3.61. The molecule has 0 unspecified atom stereocenters. The number of benzene rings is 1. The maximum Gasteiger partial charge on any atom is 0.123 e. The lowest BCUT2D eigenvalue weighted by atomic mass is 9.90. The molecule has 1 fully saturated rings. The van der Waals surface area contributed by atoms with Crippen molar-refractivity contribution in [3.63, 3.8) is 0 Å². The number of allylic oxidation sites excluding steroid dienone is 2. The summed E-state index contributed by atoms with van der Waals surface area (Å²) in [6.45, 7) is 2.14. The molecule has 1 aromatic rings. The second-order valence-corrected chi connectivity index (χ2v) is 4.77. The molecule has 2 aliphatic rings. The lowest BCUT2D eigenvalue weighted by Crippen LogP contribution is -2.03. The van der Waals surface area contributed by atoms with Gasteiger partial charge in [0.15, 0.2) is 0 Å². The van der Waals surface area contributed by atoms with Gasteiger partial charge < -0.3 is 9.47 Å². The van der Waals surface area contributed by atoms with Crippen LogP contribution in [-0.2, 0) is 0 Å². The second kappa shape index (κ2) is 3.80. The van der Waals surface area contributed by atoms with E-state index in [1.165, 1.54) is 24.0 Å². The Hall–Kier alpha value is -1.44. The largest absolute Gasteiger partial charge is 0.496 e. The van der Waals surface area contributed by atoms with Crippen LogP contribution < -0.4 is 9.47 Å². The number of rotatable bonds is 2. The highest BCUT2D eigenvalue weighted by Crippen LogP contribution is 2.61. The predicted molar refractivity (Wildman–Crippen MR) is 68.0 cm³/mol. The molecule has 0 amide bonds. The first-order valence-corrected chi connectivity index (χ1v) is 6.22. The normalized spacial score (nSPS) is 24.8. The Kier molecular flexibility index (Phi) is 2.39. The van der Waals surface area contributed by atoms with Gasteiger partial charge in [-0.25, -0.2) is 0 Å². The van der Waals surface area contributed by atoms with Gasteiger partial charge in [-0.3, -0.25) is 0 Å². The van der Waals surface area contributed by atoms with E-state index in [2.05, 4.69) is 13.0 Å². The van der Waals surface area contributed by atoms with Crippen molar-refractivity contribution < 1.29 is 9.47 Å². The summed E-state index contributed by atoms with van der Waals surface area (Å²) >= 11 is 0. The molecule has 0 spiro atoms. The molecule has 3 rings (SSSR count). The van der Waals surface area contributed by atoms with E-state index in [-0.39, 0.29) is 0 Å². The van der Waals surface area contributed by atoms with Gasteiger partial charge in [0, 0.05) is 23.0 Å². The SMILES string of the molecule is CC=C1[C@@H]2CC[C@@H]1c1c(OC)ccc(OC)c12. The van der Waals surface area contributed by atoms with Gasteiger partial charge in [-0.15, -0.1) is 0 Å². The van der Waals surface area contributed by atoms with Gasteiger partial charge in [0.1, 0.15) is 11.5 Å². The quantitative estimate of drug-likeness (QED) is 0.722. The molecule has 2 bridgehead atoms. The number of methoxy groups -OCH3 is 2. The van der Waals surface area contributed by atoms with Crippen LogP contribution in [0.5, 0.6) is 11.5 Å². The Morgan fingerprint density at radius 2 is 1.47 bits per heavy atom. The van der Waals surface area contributed by atoms with Crippen molar-refractivity contribution in [2.45, 2.75) is 31.6 Å². The van der Waals surface area contributed by atoms with Gasteiger partial charge in [0.05, 0.1) is 14.2 Å². The minimum atomic E-state index is 0.560. The summed E-state index contributed by atoms with van der Waals surface area (Å²) in [6.07, 6.45) is 4.78. The molecule has 2 atom stereocenters. The van der Waals surface area contributed by atoms with Crippen molar-refractivity contribution in [1.29, 1.82) is 0 Å². The third-order valence-corrected chi connectivity index (χ3v) is 4.23. The van der Waals surface area contributed by atoms with Gasteiger partial charge in [-0.2, -0.15) is 0 Å². The first-order chi connectivity index (χ1) is 8.31. The summed E-state index contributed by atoms with van der Waals surface area (Å²) in [5.41, 5.74) is 4.30. The molecule has 2 nitrogen and oxygen atoms in total.